The Kier molecular flexibility index (Phi) is 8.12. The van der Waals surface area contributed by atoms with Crippen LogP contribution in [0.5, 0.6) is 57.5 Å². The third-order valence-corrected chi connectivity index (χ3v) is 15.6. The van der Waals surface area contributed by atoms with Crippen LogP contribution in [0.2, 0.25) is 0 Å². The smallest absolute Gasteiger partial charge is 0.166 e. The molecule has 68 heavy (non-hydrogen) atoms. The summed E-state index contributed by atoms with van der Waals surface area (Å²) in [5, 5.41) is 89.3. The monoisotopic (exact) mass is 904 g/mol. The lowest BCUT2D eigenvalue weighted by Gasteiger charge is -2.52. The van der Waals surface area contributed by atoms with Crippen molar-refractivity contribution < 1.29 is 59.9 Å². The minimum atomic E-state index is -1.64. The maximum Gasteiger partial charge on any atom is 0.166 e. The number of hydrogen-bond donors (Lipinski definition) is 8. The molecule has 2 heterocycles. The molecule has 7 aromatic rings. The number of Topliss-reactive ketones (excluding diaryl/α,β-unsaturated/α-hetero) is 1. The van der Waals surface area contributed by atoms with Crippen molar-refractivity contribution >= 4 is 11.6 Å². The summed E-state index contributed by atoms with van der Waals surface area (Å²) in [6, 6.07) is 35.0. The molecule has 1 saturated carbocycles. The number of fused-ring (bicyclic) bond motifs is 9. The number of phenolic OH excluding ortho intramolecular Hbond substituents is 8. The van der Waals surface area contributed by atoms with E-state index in [2.05, 4.69) is 0 Å². The Morgan fingerprint density at radius 1 is 0.397 bits per heavy atom. The van der Waals surface area contributed by atoms with Gasteiger partial charge >= 0.3 is 0 Å². The minimum Gasteiger partial charge on any atom is -0.508 e. The number of rotatable bonds is 5. The average molecular weight is 905 g/mol. The Morgan fingerprint density at radius 2 is 0.897 bits per heavy atom. The van der Waals surface area contributed by atoms with Crippen molar-refractivity contribution in [3.8, 4) is 57.5 Å². The molecule has 7 aromatic carbocycles. The first-order valence-corrected chi connectivity index (χ1v) is 22.4. The summed E-state index contributed by atoms with van der Waals surface area (Å²) in [4.78, 5) is 32.0. The summed E-state index contributed by atoms with van der Waals surface area (Å²) < 4.78 is 13.8. The Balaban J connectivity index is 1.21. The molecule has 13 rings (SSSR count). The van der Waals surface area contributed by atoms with Crippen LogP contribution in [-0.4, -0.2) is 52.4 Å². The molecule has 10 atom stereocenters. The molecule has 8 N–H and O–H groups in total. The summed E-state index contributed by atoms with van der Waals surface area (Å²) in [5.41, 5.74) is 4.33. The number of ketones is 2. The predicted molar refractivity (Wildman–Crippen MR) is 244 cm³/mol. The van der Waals surface area contributed by atoms with Crippen molar-refractivity contribution in [1.29, 1.82) is 0 Å². The number of benzene rings is 7. The molecule has 1 fully saturated rings. The van der Waals surface area contributed by atoms with E-state index in [4.69, 9.17) is 9.47 Å². The van der Waals surface area contributed by atoms with Gasteiger partial charge in [-0.3, -0.25) is 9.59 Å². The quantitative estimate of drug-likeness (QED) is 0.0759. The molecule has 1 spiro atoms. The van der Waals surface area contributed by atoms with Gasteiger partial charge in [0.25, 0.3) is 0 Å². The maximum absolute atomic E-state index is 16.7. The molecule has 0 radical (unpaired) electrons. The normalized spacial score (nSPS) is 27.6. The van der Waals surface area contributed by atoms with Gasteiger partial charge in [0, 0.05) is 58.6 Å². The van der Waals surface area contributed by atoms with Gasteiger partial charge in [-0.1, -0.05) is 48.5 Å². The second-order valence-electron chi connectivity index (χ2n) is 18.9. The molecule has 2 aliphatic heterocycles. The summed E-state index contributed by atoms with van der Waals surface area (Å²) in [6.07, 6.45) is -0.143. The van der Waals surface area contributed by atoms with Gasteiger partial charge in [-0.25, -0.2) is 0 Å². The highest BCUT2D eigenvalue weighted by atomic mass is 16.5. The van der Waals surface area contributed by atoms with E-state index in [0.717, 1.165) is 0 Å². The summed E-state index contributed by atoms with van der Waals surface area (Å²) in [5.74, 6) is -7.69. The first kappa shape index (κ1) is 39.9. The molecule has 0 amide bonds. The molecule has 336 valence electrons. The van der Waals surface area contributed by atoms with Crippen molar-refractivity contribution in [2.45, 2.75) is 47.7 Å². The Labute approximate surface area is 387 Å². The molecule has 12 heteroatoms. The molecular weight excluding hydrogens is 865 g/mol. The highest BCUT2D eigenvalue weighted by Crippen LogP contribution is 2.80. The van der Waals surface area contributed by atoms with Crippen LogP contribution < -0.4 is 9.47 Å². The second-order valence-corrected chi connectivity index (χ2v) is 18.9. The van der Waals surface area contributed by atoms with Crippen LogP contribution in [0.15, 0.2) is 145 Å². The van der Waals surface area contributed by atoms with Gasteiger partial charge < -0.3 is 50.3 Å². The number of carbonyl (C=O) groups excluding carboxylic acids is 2. The average Bonchev–Trinajstić information content (AvgIpc) is 3.92. The second kappa shape index (κ2) is 13.8. The van der Waals surface area contributed by atoms with Crippen LogP contribution in [0.25, 0.3) is 0 Å². The molecule has 4 aliphatic carbocycles. The summed E-state index contributed by atoms with van der Waals surface area (Å²) in [7, 11) is 0. The van der Waals surface area contributed by atoms with E-state index in [9.17, 15) is 40.9 Å². The topological polar surface area (TPSA) is 214 Å². The van der Waals surface area contributed by atoms with Crippen molar-refractivity contribution in [3.63, 3.8) is 0 Å². The van der Waals surface area contributed by atoms with Crippen LogP contribution in [-0.2, 0) is 9.59 Å². The third-order valence-electron chi connectivity index (χ3n) is 15.6. The predicted octanol–water partition coefficient (Wildman–Crippen LogP) is 9.32. The maximum atomic E-state index is 16.7. The van der Waals surface area contributed by atoms with Crippen LogP contribution in [0, 0.1) is 11.3 Å². The number of carbonyl (C=O) groups is 2. The number of allylic oxidation sites excluding steroid dienone is 1. The summed E-state index contributed by atoms with van der Waals surface area (Å²) in [6.45, 7) is 0. The first-order chi connectivity index (χ1) is 32.8. The van der Waals surface area contributed by atoms with Crippen molar-refractivity contribution in [1.82, 2.24) is 0 Å². The Bertz CT molecular complexity index is 3340. The molecule has 0 saturated heterocycles. The van der Waals surface area contributed by atoms with Crippen LogP contribution in [0.4, 0.5) is 0 Å². The van der Waals surface area contributed by atoms with E-state index in [1.165, 1.54) is 66.7 Å². The van der Waals surface area contributed by atoms with E-state index >= 15 is 9.59 Å². The SMILES string of the molecule is O=C1C=C2C3c4c(cc(O)cc4C4c5c(O)cc6c(c5[C@@H]5C(c7ccc(O)cc7)C1C(=O)[C@@]25[C@@H]4c1ccc(O)cc1)[C@@H](c1cc(O)cc(O)c1)[C@H](c1ccc(O)cc1)O6)O[C@H]3c1ccc(O)cc1. The van der Waals surface area contributed by atoms with E-state index in [1.807, 2.05) is 0 Å². The minimum absolute atomic E-state index is 0.0126. The fraction of sp³-hybridized carbons (Fsp3) is 0.179. The van der Waals surface area contributed by atoms with Gasteiger partial charge in [0.15, 0.2) is 11.6 Å². The van der Waals surface area contributed by atoms with E-state index in [1.54, 1.807) is 72.8 Å². The zero-order valence-electron chi connectivity index (χ0n) is 35.7. The number of aromatic hydroxyl groups is 8. The van der Waals surface area contributed by atoms with Crippen molar-refractivity contribution in [2.24, 2.45) is 11.3 Å². The van der Waals surface area contributed by atoms with E-state index in [-0.39, 0.29) is 57.5 Å². The molecule has 6 aliphatic rings. The Hall–Kier alpha value is -8.38. The molecule has 12 nitrogen and oxygen atoms in total. The first-order valence-electron chi connectivity index (χ1n) is 22.4. The van der Waals surface area contributed by atoms with Gasteiger partial charge in [0.2, 0.25) is 0 Å². The van der Waals surface area contributed by atoms with Gasteiger partial charge in [0.05, 0.1) is 23.2 Å². The highest BCUT2D eigenvalue weighted by molar-refractivity contribution is 6.18. The highest BCUT2D eigenvalue weighted by Gasteiger charge is 2.76. The molecule has 0 aromatic heterocycles. The number of phenols is 8. The zero-order valence-corrected chi connectivity index (χ0v) is 35.7. The van der Waals surface area contributed by atoms with E-state index < -0.39 is 64.8 Å². The van der Waals surface area contributed by atoms with Gasteiger partial charge in [-0.2, -0.15) is 0 Å². The number of hydrogen-bond acceptors (Lipinski definition) is 12. The molecule has 4 unspecified atom stereocenters. The lowest BCUT2D eigenvalue weighted by atomic mass is 9.48. The van der Waals surface area contributed by atoms with Crippen LogP contribution in [0.3, 0.4) is 0 Å². The largest absolute Gasteiger partial charge is 0.508 e. The third kappa shape index (κ3) is 5.25. The van der Waals surface area contributed by atoms with Crippen molar-refractivity contribution in [3.05, 3.63) is 201 Å². The summed E-state index contributed by atoms with van der Waals surface area (Å²) >= 11 is 0. The standard InChI is InChI=1S/C56H40O12/c57-29-9-1-24(2-10-29)42-48-38(64)22-37-46-44-36(20-35(63)21-40(44)67-54(46)27-7-15-32(60)16-8-27)45-47-39(65)23-41-49(50(47)52(42)56(37,55(48)66)51(45)25-3-11-30(58)12-4-25)43(28-17-33(61)19-34(62)18-28)53(68-41)26-5-13-31(59)14-6-26/h1-23,42-43,45-46,48,51-54,57-63,65H/t42?,43-,45?,46?,48?,51-,52+,53+,54+,56-/m1/s1. The van der Waals surface area contributed by atoms with E-state index in [0.29, 0.717) is 67.0 Å². The fourth-order valence-electron chi connectivity index (χ4n) is 13.4. The zero-order chi connectivity index (χ0) is 46.7. The fourth-order valence-corrected chi connectivity index (χ4v) is 13.4. The van der Waals surface area contributed by atoms with Crippen molar-refractivity contribution in [2.75, 3.05) is 0 Å². The van der Waals surface area contributed by atoms with Crippen LogP contribution in [0.1, 0.15) is 103 Å². The molecular formula is C56H40O12. The number of ether oxygens (including phenoxy) is 2. The van der Waals surface area contributed by atoms with Crippen LogP contribution >= 0.6 is 0 Å². The lowest BCUT2D eigenvalue weighted by Crippen LogP contribution is -2.49. The van der Waals surface area contributed by atoms with Gasteiger partial charge in [-0.05, 0) is 117 Å². The Morgan fingerprint density at radius 3 is 1.47 bits per heavy atom. The molecule has 3 bridgehead atoms. The van der Waals surface area contributed by atoms with Gasteiger partial charge in [0.1, 0.15) is 69.7 Å². The van der Waals surface area contributed by atoms with Gasteiger partial charge in [-0.15, -0.1) is 0 Å². The lowest BCUT2D eigenvalue weighted by molar-refractivity contribution is -0.135.